The van der Waals surface area contributed by atoms with Crippen molar-refractivity contribution in [1.82, 2.24) is 10.2 Å². The summed E-state index contributed by atoms with van der Waals surface area (Å²) < 4.78 is 18.1. The van der Waals surface area contributed by atoms with Crippen LogP contribution in [0, 0.1) is 0 Å². The minimum atomic E-state index is -1.48. The molecule has 2 unspecified atom stereocenters. The Hall–Kier alpha value is -3.07. The lowest BCUT2D eigenvalue weighted by Gasteiger charge is -2.27. The number of hydrogen-bond acceptors (Lipinski definition) is 5. The van der Waals surface area contributed by atoms with Crippen LogP contribution in [0.25, 0.3) is 5.57 Å². The molecule has 0 radical (unpaired) electrons. The molecule has 0 aromatic heterocycles. The van der Waals surface area contributed by atoms with Gasteiger partial charge >= 0.3 is 5.97 Å². The van der Waals surface area contributed by atoms with E-state index in [1.165, 1.54) is 4.90 Å². The Kier molecular flexibility index (Phi) is 7.17. The summed E-state index contributed by atoms with van der Waals surface area (Å²) in [4.78, 5) is 49.9. The van der Waals surface area contributed by atoms with Gasteiger partial charge in [-0.15, -0.1) is 0 Å². The summed E-state index contributed by atoms with van der Waals surface area (Å²) in [6.07, 6.45) is 2.27. The summed E-state index contributed by atoms with van der Waals surface area (Å²) in [6, 6.07) is 3.24. The lowest BCUT2D eigenvalue weighted by molar-refractivity contribution is -0.140. The zero-order chi connectivity index (χ0) is 22.5. The number of amides is 2. The fraction of sp³-hybridized carbons (Fsp3) is 0.455. The van der Waals surface area contributed by atoms with Gasteiger partial charge < -0.3 is 20.1 Å². The van der Waals surface area contributed by atoms with Crippen molar-refractivity contribution in [2.45, 2.75) is 44.8 Å². The van der Waals surface area contributed by atoms with Crippen LogP contribution in [0.1, 0.15) is 47.7 Å². The molecule has 0 fully saturated rings. The van der Waals surface area contributed by atoms with Crippen LogP contribution >= 0.6 is 0 Å². The molecule has 2 aliphatic heterocycles. The fourth-order valence-corrected chi connectivity index (χ4v) is 3.89. The summed E-state index contributed by atoms with van der Waals surface area (Å²) >= 11 is 0. The number of rotatable bonds is 9. The van der Waals surface area contributed by atoms with Crippen LogP contribution < -0.4 is 5.32 Å². The molecule has 0 aliphatic carbocycles. The molecular formula is C22H25FN2O6. The Morgan fingerprint density at radius 3 is 2.71 bits per heavy atom. The molecule has 0 bridgehead atoms. The number of carboxylic acid groups (broad SMARTS) is 1. The highest BCUT2D eigenvalue weighted by Gasteiger charge is 2.37. The Bertz CT molecular complexity index is 929. The minimum absolute atomic E-state index is 0.225. The third kappa shape index (κ3) is 4.99. The summed E-state index contributed by atoms with van der Waals surface area (Å²) in [6.45, 7) is 1.70. The summed E-state index contributed by atoms with van der Waals surface area (Å²) in [5.74, 6) is -3.34. The molecule has 2 N–H and O–H groups in total. The smallest absolute Gasteiger partial charge is 0.305 e. The molecule has 9 heteroatoms. The largest absolute Gasteiger partial charge is 0.481 e. The Labute approximate surface area is 179 Å². The van der Waals surface area contributed by atoms with E-state index in [2.05, 4.69) is 5.32 Å². The maximum atomic E-state index is 13.1. The summed E-state index contributed by atoms with van der Waals surface area (Å²) in [5.41, 5.74) is 3.34. The van der Waals surface area contributed by atoms with E-state index in [-0.39, 0.29) is 18.9 Å². The van der Waals surface area contributed by atoms with Crippen molar-refractivity contribution < 1.29 is 33.4 Å². The third-order valence-corrected chi connectivity index (χ3v) is 5.56. The van der Waals surface area contributed by atoms with Crippen molar-refractivity contribution in [2.75, 3.05) is 19.9 Å². The van der Waals surface area contributed by atoms with Gasteiger partial charge in [-0.1, -0.05) is 25.1 Å². The highest BCUT2D eigenvalue weighted by molar-refractivity contribution is 6.02. The first-order valence-corrected chi connectivity index (χ1v) is 10.2. The van der Waals surface area contributed by atoms with E-state index in [1.54, 1.807) is 6.92 Å². The van der Waals surface area contributed by atoms with Crippen molar-refractivity contribution in [3.63, 3.8) is 0 Å². The number of alkyl halides is 1. The predicted octanol–water partition coefficient (Wildman–Crippen LogP) is 1.72. The van der Waals surface area contributed by atoms with E-state index >= 15 is 0 Å². The van der Waals surface area contributed by atoms with E-state index in [0.717, 1.165) is 23.1 Å². The van der Waals surface area contributed by atoms with Crippen LogP contribution in [0.3, 0.4) is 0 Å². The number of Topliss-reactive ketones (excluding diaryl/α,β-unsaturated/α-hetero) is 1. The van der Waals surface area contributed by atoms with E-state index in [9.17, 15) is 23.6 Å². The van der Waals surface area contributed by atoms with Gasteiger partial charge in [0.15, 0.2) is 5.78 Å². The first-order valence-electron chi connectivity index (χ1n) is 10.2. The Morgan fingerprint density at radius 2 is 2.10 bits per heavy atom. The molecular weight excluding hydrogens is 407 g/mol. The van der Waals surface area contributed by atoms with Crippen LogP contribution in [-0.2, 0) is 25.7 Å². The standard InChI is InChI=1S/C22H25FN2O6/c1-2-18(21(29)24-17(10-20(27)28)19(26)11-23)25-12-15-4-3-14(9-16(15)22(25)30)13-5-7-31-8-6-13/h3-5,9,17-18H,2,6-8,10-12H2,1H3,(H,24,29)(H,27,28). The molecule has 3 rings (SSSR count). The number of ether oxygens (including phenoxy) is 1. The Balaban J connectivity index is 1.77. The second-order valence-electron chi connectivity index (χ2n) is 7.54. The minimum Gasteiger partial charge on any atom is -0.481 e. The normalized spacial score (nSPS) is 17.5. The fourth-order valence-electron chi connectivity index (χ4n) is 3.89. The highest BCUT2D eigenvalue weighted by atomic mass is 19.1. The van der Waals surface area contributed by atoms with Crippen molar-refractivity contribution in [3.8, 4) is 0 Å². The highest BCUT2D eigenvalue weighted by Crippen LogP contribution is 2.30. The lowest BCUT2D eigenvalue weighted by Crippen LogP contribution is -2.52. The van der Waals surface area contributed by atoms with E-state index < -0.39 is 42.8 Å². The number of benzene rings is 1. The maximum Gasteiger partial charge on any atom is 0.305 e. The van der Waals surface area contributed by atoms with Gasteiger partial charge in [-0.2, -0.15) is 0 Å². The molecule has 1 aromatic rings. The lowest BCUT2D eigenvalue weighted by atomic mass is 9.97. The van der Waals surface area contributed by atoms with Crippen molar-refractivity contribution in [1.29, 1.82) is 0 Å². The average molecular weight is 432 g/mol. The number of aliphatic carboxylic acids is 1. The molecule has 0 saturated carbocycles. The molecule has 2 heterocycles. The number of halogens is 1. The number of carboxylic acids is 1. The SMILES string of the molecule is CCC(C(=O)NC(CC(=O)O)C(=O)CF)N1Cc2ccc(C3=CCOCC3)cc2C1=O. The van der Waals surface area contributed by atoms with Crippen LogP contribution in [-0.4, -0.2) is 65.5 Å². The molecule has 1 aromatic carbocycles. The van der Waals surface area contributed by atoms with Crippen molar-refractivity contribution in [2.24, 2.45) is 0 Å². The van der Waals surface area contributed by atoms with Crippen molar-refractivity contribution in [3.05, 3.63) is 41.0 Å². The van der Waals surface area contributed by atoms with E-state index in [1.807, 2.05) is 24.3 Å². The summed E-state index contributed by atoms with van der Waals surface area (Å²) in [5, 5.41) is 11.3. The zero-order valence-corrected chi connectivity index (χ0v) is 17.2. The predicted molar refractivity (Wildman–Crippen MR) is 109 cm³/mol. The molecule has 0 spiro atoms. The zero-order valence-electron chi connectivity index (χ0n) is 17.2. The van der Waals surface area contributed by atoms with Crippen molar-refractivity contribution >= 4 is 29.1 Å². The van der Waals surface area contributed by atoms with Crippen LogP contribution in [0.5, 0.6) is 0 Å². The van der Waals surface area contributed by atoms with E-state index in [0.29, 0.717) is 18.8 Å². The number of hydrogen-bond donors (Lipinski definition) is 2. The molecule has 8 nitrogen and oxygen atoms in total. The van der Waals surface area contributed by atoms with Gasteiger partial charge in [-0.05, 0) is 35.6 Å². The molecule has 0 saturated heterocycles. The van der Waals surface area contributed by atoms with Gasteiger partial charge in [-0.3, -0.25) is 19.2 Å². The van der Waals surface area contributed by atoms with Crippen LogP contribution in [0.2, 0.25) is 0 Å². The molecule has 31 heavy (non-hydrogen) atoms. The molecule has 2 amide bonds. The van der Waals surface area contributed by atoms with Crippen LogP contribution in [0.4, 0.5) is 4.39 Å². The number of nitrogens with one attached hydrogen (secondary N) is 1. The molecule has 166 valence electrons. The quantitative estimate of drug-likeness (QED) is 0.614. The second-order valence-corrected chi connectivity index (χ2v) is 7.54. The van der Waals surface area contributed by atoms with Gasteiger partial charge in [0.2, 0.25) is 5.91 Å². The number of ketones is 1. The van der Waals surface area contributed by atoms with Crippen LogP contribution in [0.15, 0.2) is 24.3 Å². The molecule has 2 atom stereocenters. The summed E-state index contributed by atoms with van der Waals surface area (Å²) in [7, 11) is 0. The monoisotopic (exact) mass is 432 g/mol. The molecule has 2 aliphatic rings. The van der Waals surface area contributed by atoms with Gasteiger partial charge in [0.25, 0.3) is 5.91 Å². The second kappa shape index (κ2) is 9.82. The number of nitrogens with zero attached hydrogens (tertiary/aromatic N) is 1. The number of fused-ring (bicyclic) bond motifs is 1. The van der Waals surface area contributed by atoms with Gasteiger partial charge in [0.05, 0.1) is 19.6 Å². The van der Waals surface area contributed by atoms with Gasteiger partial charge in [-0.25, -0.2) is 4.39 Å². The van der Waals surface area contributed by atoms with Gasteiger partial charge in [0.1, 0.15) is 18.8 Å². The first kappa shape index (κ1) is 22.6. The number of carbonyl (C=O) groups excluding carboxylic acids is 3. The maximum absolute atomic E-state index is 13.1. The van der Waals surface area contributed by atoms with E-state index in [4.69, 9.17) is 9.84 Å². The topological polar surface area (TPSA) is 113 Å². The third-order valence-electron chi connectivity index (χ3n) is 5.56. The van der Waals surface area contributed by atoms with Gasteiger partial charge in [0, 0.05) is 12.1 Å². The first-order chi connectivity index (χ1) is 14.8. The Morgan fingerprint density at radius 1 is 1.32 bits per heavy atom. The number of carbonyl (C=O) groups is 4. The average Bonchev–Trinajstić information content (AvgIpc) is 3.09.